The van der Waals surface area contributed by atoms with E-state index in [-0.39, 0.29) is 24.6 Å². The molecule has 4 rings (SSSR count). The van der Waals surface area contributed by atoms with Gasteiger partial charge in [0.2, 0.25) is 5.91 Å². The fraction of sp³-hybridized carbons (Fsp3) is 0.500. The number of likely N-dealkylation sites (tertiary alicyclic amines) is 1. The number of hydrogen-bond acceptors (Lipinski definition) is 5. The second-order valence-electron chi connectivity index (χ2n) is 10.2. The molecule has 8 nitrogen and oxygen atoms in total. The summed E-state index contributed by atoms with van der Waals surface area (Å²) in [6.45, 7) is 4.15. The van der Waals surface area contributed by atoms with Crippen LogP contribution in [0.5, 0.6) is 5.75 Å². The summed E-state index contributed by atoms with van der Waals surface area (Å²) in [6.07, 6.45) is 5.14. The fourth-order valence-electron chi connectivity index (χ4n) is 5.83. The maximum Gasteiger partial charge on any atom is 0.318 e. The summed E-state index contributed by atoms with van der Waals surface area (Å²) >= 11 is 0. The van der Waals surface area contributed by atoms with Gasteiger partial charge in [-0.3, -0.25) is 9.59 Å². The van der Waals surface area contributed by atoms with Gasteiger partial charge < -0.3 is 25.0 Å². The Morgan fingerprint density at radius 3 is 2.29 bits per heavy atom. The predicted molar refractivity (Wildman–Crippen MR) is 144 cm³/mol. The molecule has 2 aromatic rings. The molecule has 8 heteroatoms. The molecule has 0 radical (unpaired) electrons. The molecule has 2 N–H and O–H groups in total. The van der Waals surface area contributed by atoms with E-state index in [9.17, 15) is 14.4 Å². The van der Waals surface area contributed by atoms with Crippen molar-refractivity contribution in [2.24, 2.45) is 11.8 Å². The first kappa shape index (κ1) is 27.5. The first-order chi connectivity index (χ1) is 18.4. The Bertz CT molecular complexity index is 1080. The highest BCUT2D eigenvalue weighted by molar-refractivity contribution is 5.91. The Hall–Kier alpha value is -3.55. The second kappa shape index (κ2) is 12.8. The molecule has 1 saturated carbocycles. The second-order valence-corrected chi connectivity index (χ2v) is 10.2. The molecule has 1 heterocycles. The van der Waals surface area contributed by atoms with Gasteiger partial charge in [-0.25, -0.2) is 4.79 Å². The molecule has 1 aliphatic carbocycles. The van der Waals surface area contributed by atoms with Crippen molar-refractivity contribution in [1.82, 2.24) is 15.5 Å². The number of hydrogen-bond donors (Lipinski definition) is 2. The molecule has 0 bridgehead atoms. The van der Waals surface area contributed by atoms with Crippen LogP contribution in [-0.2, 0) is 20.9 Å². The van der Waals surface area contributed by atoms with Crippen molar-refractivity contribution in [2.45, 2.75) is 70.6 Å². The molecule has 4 atom stereocenters. The van der Waals surface area contributed by atoms with Crippen molar-refractivity contribution in [2.75, 3.05) is 13.7 Å². The van der Waals surface area contributed by atoms with Gasteiger partial charge in [-0.15, -0.1) is 0 Å². The number of nitrogens with zero attached hydrogens (tertiary/aromatic N) is 1. The highest BCUT2D eigenvalue weighted by Crippen LogP contribution is 2.46. The summed E-state index contributed by atoms with van der Waals surface area (Å²) < 4.78 is 10.7. The molecular formula is C30H39N3O5. The van der Waals surface area contributed by atoms with Gasteiger partial charge in [-0.1, -0.05) is 68.7 Å². The number of rotatable bonds is 8. The largest absolute Gasteiger partial charge is 0.497 e. The standard InChI is InChI=1S/C30H39N3O5/c1-4-38-29(35)25-20(2)26(28(34)31-19-21-15-17-24(37-3)18-16-21)33(27(25)22-11-7-5-8-12-22)30(36)32-23-13-9-6-10-14-23/h5,7-8,11-12,15-18,20,23,25-27H,4,6,9-10,13-14,19H2,1-3H3,(H,31,34)(H,32,36). The zero-order valence-electron chi connectivity index (χ0n) is 22.5. The first-order valence-corrected chi connectivity index (χ1v) is 13.7. The van der Waals surface area contributed by atoms with Crippen molar-refractivity contribution in [3.63, 3.8) is 0 Å². The van der Waals surface area contributed by atoms with Gasteiger partial charge >= 0.3 is 12.0 Å². The molecule has 204 valence electrons. The number of methoxy groups -OCH3 is 1. The predicted octanol–water partition coefficient (Wildman–Crippen LogP) is 4.59. The van der Waals surface area contributed by atoms with Crippen molar-refractivity contribution in [1.29, 1.82) is 0 Å². The molecule has 0 aromatic heterocycles. The maximum atomic E-state index is 13.9. The number of esters is 1. The molecule has 38 heavy (non-hydrogen) atoms. The van der Waals surface area contributed by atoms with Gasteiger partial charge in [-0.2, -0.15) is 0 Å². The van der Waals surface area contributed by atoms with Crippen LogP contribution in [0.2, 0.25) is 0 Å². The van der Waals surface area contributed by atoms with Crippen LogP contribution in [0.15, 0.2) is 54.6 Å². The molecule has 2 aliphatic rings. The topological polar surface area (TPSA) is 97.0 Å². The summed E-state index contributed by atoms with van der Waals surface area (Å²) in [4.78, 5) is 42.5. The quantitative estimate of drug-likeness (QED) is 0.495. The third-order valence-electron chi connectivity index (χ3n) is 7.77. The van der Waals surface area contributed by atoms with Crippen LogP contribution >= 0.6 is 0 Å². The van der Waals surface area contributed by atoms with E-state index in [1.165, 1.54) is 6.42 Å². The molecule has 2 fully saturated rings. The average molecular weight is 522 g/mol. The number of ether oxygens (including phenoxy) is 2. The lowest BCUT2D eigenvalue weighted by Gasteiger charge is -2.34. The summed E-state index contributed by atoms with van der Waals surface area (Å²) in [6, 6.07) is 15.2. The summed E-state index contributed by atoms with van der Waals surface area (Å²) in [5.74, 6) is -1.08. The molecule has 0 spiro atoms. The summed E-state index contributed by atoms with van der Waals surface area (Å²) in [5.41, 5.74) is 1.71. The van der Waals surface area contributed by atoms with Crippen molar-refractivity contribution < 1.29 is 23.9 Å². The number of carbonyl (C=O) groups is 3. The Kier molecular flexibility index (Phi) is 9.26. The average Bonchev–Trinajstić information content (AvgIpc) is 3.26. The number of carbonyl (C=O) groups excluding carboxylic acids is 3. The van der Waals surface area contributed by atoms with E-state index in [1.54, 1.807) is 18.9 Å². The number of urea groups is 1. The summed E-state index contributed by atoms with van der Waals surface area (Å²) in [5, 5.41) is 6.19. The van der Waals surface area contributed by atoms with Crippen LogP contribution in [0, 0.1) is 11.8 Å². The minimum Gasteiger partial charge on any atom is -0.497 e. The van der Waals surface area contributed by atoms with Gasteiger partial charge in [0.15, 0.2) is 0 Å². The smallest absolute Gasteiger partial charge is 0.318 e. The number of nitrogens with one attached hydrogen (secondary N) is 2. The van der Waals surface area contributed by atoms with Crippen LogP contribution in [0.4, 0.5) is 4.79 Å². The van der Waals surface area contributed by atoms with Crippen molar-refractivity contribution >= 4 is 17.9 Å². The minimum atomic E-state index is -0.837. The van der Waals surface area contributed by atoms with Gasteiger partial charge in [0.1, 0.15) is 11.8 Å². The van der Waals surface area contributed by atoms with Crippen LogP contribution in [-0.4, -0.2) is 48.6 Å². The molecule has 3 amide bonds. The Morgan fingerprint density at radius 2 is 1.66 bits per heavy atom. The monoisotopic (exact) mass is 521 g/mol. The zero-order chi connectivity index (χ0) is 27.1. The molecular weight excluding hydrogens is 482 g/mol. The Labute approximate surface area is 225 Å². The van der Waals surface area contributed by atoms with Crippen LogP contribution in [0.1, 0.15) is 63.1 Å². The molecule has 4 unspecified atom stereocenters. The minimum absolute atomic E-state index is 0.0626. The molecule has 2 aromatic carbocycles. The summed E-state index contributed by atoms with van der Waals surface area (Å²) in [7, 11) is 1.61. The molecule has 1 aliphatic heterocycles. The number of amides is 3. The van der Waals surface area contributed by atoms with Crippen molar-refractivity contribution in [3.05, 3.63) is 65.7 Å². The third-order valence-corrected chi connectivity index (χ3v) is 7.77. The zero-order valence-corrected chi connectivity index (χ0v) is 22.5. The molecule has 1 saturated heterocycles. The van der Waals surface area contributed by atoms with E-state index < -0.39 is 29.9 Å². The normalized spacial score (nSPS) is 23.5. The van der Waals surface area contributed by atoms with E-state index in [0.29, 0.717) is 6.54 Å². The SMILES string of the molecule is CCOC(=O)C1C(C)C(C(=O)NCc2ccc(OC)cc2)N(C(=O)NC2CCCCC2)C1c1ccccc1. The van der Waals surface area contributed by atoms with E-state index in [1.807, 2.05) is 61.5 Å². The lowest BCUT2D eigenvalue weighted by Crippen LogP contribution is -2.53. The first-order valence-electron chi connectivity index (χ1n) is 13.7. The number of benzene rings is 2. The Morgan fingerprint density at radius 1 is 0.974 bits per heavy atom. The lowest BCUT2D eigenvalue weighted by atomic mass is 9.85. The van der Waals surface area contributed by atoms with E-state index in [2.05, 4.69) is 10.6 Å². The van der Waals surface area contributed by atoms with Crippen LogP contribution in [0.3, 0.4) is 0 Å². The Balaban J connectivity index is 1.65. The van der Waals surface area contributed by atoms with Gasteiger partial charge in [0.25, 0.3) is 0 Å². The van der Waals surface area contributed by atoms with E-state index in [4.69, 9.17) is 9.47 Å². The van der Waals surface area contributed by atoms with E-state index in [0.717, 1.165) is 42.6 Å². The van der Waals surface area contributed by atoms with Crippen LogP contribution < -0.4 is 15.4 Å². The van der Waals surface area contributed by atoms with Gasteiger partial charge in [0, 0.05) is 18.5 Å². The third kappa shape index (κ3) is 6.11. The maximum absolute atomic E-state index is 13.9. The van der Waals surface area contributed by atoms with Gasteiger partial charge in [0.05, 0.1) is 25.7 Å². The van der Waals surface area contributed by atoms with Crippen LogP contribution in [0.25, 0.3) is 0 Å². The lowest BCUT2D eigenvalue weighted by molar-refractivity contribution is -0.150. The van der Waals surface area contributed by atoms with Crippen molar-refractivity contribution in [3.8, 4) is 5.75 Å². The highest BCUT2D eigenvalue weighted by Gasteiger charge is 2.56. The van der Waals surface area contributed by atoms with E-state index >= 15 is 0 Å². The van der Waals surface area contributed by atoms with Gasteiger partial charge in [-0.05, 0) is 43.0 Å². The fourth-order valence-corrected chi connectivity index (χ4v) is 5.83. The highest BCUT2D eigenvalue weighted by atomic mass is 16.5.